The molecule has 1 aromatic heterocycles. The van der Waals surface area contributed by atoms with Gasteiger partial charge in [0, 0.05) is 0 Å². The fraction of sp³-hybridized carbons (Fsp3) is 0. The number of benzene rings is 1. The SMILES string of the molecule is [SeH]c1csc2ccccc12. The normalized spacial score (nSPS) is 10.5. The summed E-state index contributed by atoms with van der Waals surface area (Å²) in [5, 5.41) is 3.54. The van der Waals surface area contributed by atoms with Gasteiger partial charge in [0.15, 0.2) is 0 Å². The molecule has 0 aliphatic heterocycles. The monoisotopic (exact) mass is 214 g/mol. The molecule has 10 heavy (non-hydrogen) atoms. The Bertz CT molecular complexity index is 351. The van der Waals surface area contributed by atoms with Crippen molar-refractivity contribution in [3.05, 3.63) is 29.6 Å². The quantitative estimate of drug-likeness (QED) is 0.581. The van der Waals surface area contributed by atoms with E-state index in [1.807, 2.05) is 0 Å². The van der Waals surface area contributed by atoms with E-state index in [0.29, 0.717) is 0 Å². The van der Waals surface area contributed by atoms with Gasteiger partial charge in [0.05, 0.1) is 0 Å². The third-order valence-electron chi connectivity index (χ3n) is 1.46. The van der Waals surface area contributed by atoms with Gasteiger partial charge >= 0.3 is 71.5 Å². The molecule has 1 aromatic carbocycles. The van der Waals surface area contributed by atoms with Gasteiger partial charge in [0.1, 0.15) is 0 Å². The van der Waals surface area contributed by atoms with E-state index in [1.54, 1.807) is 11.3 Å². The van der Waals surface area contributed by atoms with E-state index in [4.69, 9.17) is 0 Å². The van der Waals surface area contributed by atoms with Gasteiger partial charge < -0.3 is 0 Å². The fourth-order valence-electron chi connectivity index (χ4n) is 0.964. The van der Waals surface area contributed by atoms with Crippen molar-refractivity contribution in [2.24, 2.45) is 0 Å². The van der Waals surface area contributed by atoms with Gasteiger partial charge in [-0.1, -0.05) is 0 Å². The standard InChI is InChI=1S/C8H6SSe/c10-8-5-9-7-4-2-1-3-6(7)8/h1-5,10H. The number of fused-ring (bicyclic) bond motifs is 1. The molecule has 1 heterocycles. The van der Waals surface area contributed by atoms with Gasteiger partial charge in [0.2, 0.25) is 0 Å². The van der Waals surface area contributed by atoms with Gasteiger partial charge in [-0.15, -0.1) is 0 Å². The second-order valence-corrected chi connectivity index (χ2v) is 4.04. The van der Waals surface area contributed by atoms with Crippen LogP contribution in [0.1, 0.15) is 0 Å². The van der Waals surface area contributed by atoms with Crippen LogP contribution in [0.25, 0.3) is 10.1 Å². The van der Waals surface area contributed by atoms with Crippen LogP contribution in [-0.4, -0.2) is 16.0 Å². The third-order valence-corrected chi connectivity index (χ3v) is 3.58. The van der Waals surface area contributed by atoms with E-state index in [9.17, 15) is 0 Å². The molecule has 0 atom stereocenters. The van der Waals surface area contributed by atoms with E-state index in [0.717, 1.165) is 0 Å². The van der Waals surface area contributed by atoms with E-state index >= 15 is 0 Å². The first-order valence-electron chi connectivity index (χ1n) is 3.03. The number of hydrogen-bond donors (Lipinski definition) is 0. The molecule has 0 N–H and O–H groups in total. The zero-order valence-corrected chi connectivity index (χ0v) is 7.94. The Balaban J connectivity index is 2.93. The van der Waals surface area contributed by atoms with Crippen LogP contribution in [0.2, 0.25) is 0 Å². The molecular weight excluding hydrogens is 207 g/mol. The van der Waals surface area contributed by atoms with E-state index in [2.05, 4.69) is 45.7 Å². The first kappa shape index (κ1) is 6.41. The van der Waals surface area contributed by atoms with Gasteiger partial charge in [-0.25, -0.2) is 0 Å². The summed E-state index contributed by atoms with van der Waals surface area (Å²) in [5.74, 6) is 0. The Morgan fingerprint density at radius 1 is 1.20 bits per heavy atom. The predicted molar refractivity (Wildman–Crippen MR) is 48.6 cm³/mol. The second-order valence-electron chi connectivity index (χ2n) is 2.12. The van der Waals surface area contributed by atoms with Gasteiger partial charge in [0.25, 0.3) is 0 Å². The van der Waals surface area contributed by atoms with Crippen molar-refractivity contribution < 1.29 is 0 Å². The van der Waals surface area contributed by atoms with Crippen molar-refractivity contribution in [2.45, 2.75) is 0 Å². The first-order chi connectivity index (χ1) is 4.88. The predicted octanol–water partition coefficient (Wildman–Crippen LogP) is 1.43. The Morgan fingerprint density at radius 3 is 2.80 bits per heavy atom. The molecule has 0 aliphatic rings. The van der Waals surface area contributed by atoms with Gasteiger partial charge in [-0.05, 0) is 0 Å². The summed E-state index contributed by atoms with van der Waals surface area (Å²) < 4.78 is 2.70. The Labute approximate surface area is 71.7 Å². The topological polar surface area (TPSA) is 0 Å². The van der Waals surface area contributed by atoms with Crippen molar-refractivity contribution in [3.8, 4) is 0 Å². The molecule has 2 rings (SSSR count). The summed E-state index contributed by atoms with van der Waals surface area (Å²) in [7, 11) is 0. The number of rotatable bonds is 0. The summed E-state index contributed by atoms with van der Waals surface area (Å²) >= 11 is 4.39. The van der Waals surface area contributed by atoms with E-state index in [-0.39, 0.29) is 0 Å². The molecule has 2 aromatic rings. The molecule has 0 unspecified atom stereocenters. The molecule has 0 fully saturated rings. The molecule has 0 saturated carbocycles. The van der Waals surface area contributed by atoms with Gasteiger partial charge in [-0.2, -0.15) is 0 Å². The molecule has 0 aliphatic carbocycles. The maximum absolute atomic E-state index is 2.59. The zero-order valence-electron chi connectivity index (χ0n) is 5.24. The molecule has 0 nitrogen and oxygen atoms in total. The van der Waals surface area contributed by atoms with Crippen LogP contribution in [0.3, 0.4) is 0 Å². The molecule has 0 bridgehead atoms. The van der Waals surface area contributed by atoms with Crippen molar-refractivity contribution in [1.29, 1.82) is 0 Å². The third kappa shape index (κ3) is 0.891. The number of thiophene rings is 1. The van der Waals surface area contributed by atoms with Crippen molar-refractivity contribution in [1.82, 2.24) is 0 Å². The average Bonchev–Trinajstić information content (AvgIpc) is 2.34. The van der Waals surface area contributed by atoms with Crippen LogP contribution in [0.5, 0.6) is 0 Å². The molecular formula is C8H6SSe. The summed E-state index contributed by atoms with van der Waals surface area (Å²) in [6, 6.07) is 8.45. The van der Waals surface area contributed by atoms with E-state index in [1.165, 1.54) is 14.5 Å². The molecule has 50 valence electrons. The molecule has 0 spiro atoms. The van der Waals surface area contributed by atoms with Crippen molar-refractivity contribution in [3.63, 3.8) is 0 Å². The molecule has 0 saturated heterocycles. The molecule has 2 heteroatoms. The fourth-order valence-corrected chi connectivity index (χ4v) is 2.70. The Morgan fingerprint density at radius 2 is 2.00 bits per heavy atom. The van der Waals surface area contributed by atoms with Crippen LogP contribution in [-0.2, 0) is 0 Å². The molecule has 0 amide bonds. The Kier molecular flexibility index (Phi) is 1.53. The zero-order chi connectivity index (χ0) is 6.97. The van der Waals surface area contributed by atoms with Crippen LogP contribution >= 0.6 is 11.3 Å². The van der Waals surface area contributed by atoms with E-state index < -0.39 is 0 Å². The average molecular weight is 213 g/mol. The summed E-state index contributed by atoms with van der Waals surface area (Å²) in [4.78, 5) is 0. The minimum absolute atomic E-state index is 1.33. The second kappa shape index (κ2) is 2.39. The van der Waals surface area contributed by atoms with Gasteiger partial charge in [-0.3, -0.25) is 0 Å². The van der Waals surface area contributed by atoms with Crippen LogP contribution < -0.4 is 4.46 Å². The van der Waals surface area contributed by atoms with Crippen LogP contribution in [0, 0.1) is 0 Å². The first-order valence-corrected chi connectivity index (χ1v) is 4.85. The molecule has 0 radical (unpaired) electrons. The van der Waals surface area contributed by atoms with Crippen molar-refractivity contribution in [2.75, 3.05) is 0 Å². The summed E-state index contributed by atoms with van der Waals surface area (Å²) in [5.41, 5.74) is 0. The summed E-state index contributed by atoms with van der Waals surface area (Å²) in [6.45, 7) is 0. The Hall–Kier alpha value is -0.301. The summed E-state index contributed by atoms with van der Waals surface area (Å²) in [6.07, 6.45) is 0. The minimum atomic E-state index is 1.33. The number of hydrogen-bond acceptors (Lipinski definition) is 1. The van der Waals surface area contributed by atoms with Crippen LogP contribution in [0.4, 0.5) is 0 Å². The van der Waals surface area contributed by atoms with Crippen molar-refractivity contribution >= 4 is 41.9 Å². The maximum atomic E-state index is 2.59. The van der Waals surface area contributed by atoms with Crippen LogP contribution in [0.15, 0.2) is 29.6 Å².